The molecule has 0 saturated carbocycles. The Morgan fingerprint density at radius 2 is 1.85 bits per heavy atom. The number of tetrazole rings is 1. The van der Waals surface area contributed by atoms with Crippen LogP contribution in [-0.2, 0) is 27.1 Å². The first-order valence-electron chi connectivity index (χ1n) is 10.8. The summed E-state index contributed by atoms with van der Waals surface area (Å²) in [5, 5.41) is 21.6. The molecule has 34 heavy (non-hydrogen) atoms. The molecular formula is C24H26N6O4. The number of carboxylic acid groups (broad SMARTS) is 1. The molecule has 0 aliphatic carbocycles. The van der Waals surface area contributed by atoms with Crippen molar-refractivity contribution < 1.29 is 14.6 Å². The molecule has 0 atom stereocenters. The molecule has 0 fully saturated rings. The van der Waals surface area contributed by atoms with Crippen molar-refractivity contribution in [3.05, 3.63) is 74.8 Å². The molecule has 0 aliphatic heterocycles. The maximum absolute atomic E-state index is 12.4. The molecule has 4 rings (SSSR count). The Kier molecular flexibility index (Phi) is 6.06. The van der Waals surface area contributed by atoms with Gasteiger partial charge in [-0.05, 0) is 66.1 Å². The van der Waals surface area contributed by atoms with Crippen molar-refractivity contribution in [3.63, 3.8) is 0 Å². The second-order valence-corrected chi connectivity index (χ2v) is 8.09. The molecule has 0 amide bonds. The Labute approximate surface area is 196 Å². The monoisotopic (exact) mass is 462 g/mol. The summed E-state index contributed by atoms with van der Waals surface area (Å²) in [5.41, 5.74) is 5.30. The van der Waals surface area contributed by atoms with Crippen LogP contribution >= 0.6 is 0 Å². The Hall–Kier alpha value is -4.21. The fraction of sp³-hybridized carbons (Fsp3) is 0.292. The summed E-state index contributed by atoms with van der Waals surface area (Å²) >= 11 is 0. The molecule has 0 saturated heterocycles. The minimum absolute atomic E-state index is 0.163. The third-order valence-electron chi connectivity index (χ3n) is 5.89. The van der Waals surface area contributed by atoms with Crippen LogP contribution in [0.3, 0.4) is 0 Å². The Morgan fingerprint density at radius 3 is 2.44 bits per heavy atom. The predicted molar refractivity (Wildman–Crippen MR) is 125 cm³/mol. The first kappa shape index (κ1) is 23.0. The summed E-state index contributed by atoms with van der Waals surface area (Å²) in [4.78, 5) is 24.0. The highest BCUT2D eigenvalue weighted by molar-refractivity contribution is 5.89. The maximum Gasteiger partial charge on any atom is 0.368 e. The van der Waals surface area contributed by atoms with Crippen LogP contribution in [0.5, 0.6) is 5.75 Å². The molecule has 2 aromatic heterocycles. The van der Waals surface area contributed by atoms with Gasteiger partial charge in [0.05, 0.1) is 11.4 Å². The van der Waals surface area contributed by atoms with Gasteiger partial charge in [0.2, 0.25) is 0 Å². The van der Waals surface area contributed by atoms with Crippen LogP contribution < -0.4 is 10.4 Å². The minimum atomic E-state index is -1.01. The van der Waals surface area contributed by atoms with Gasteiger partial charge in [0, 0.05) is 30.8 Å². The summed E-state index contributed by atoms with van der Waals surface area (Å²) in [6.45, 7) is 5.97. The van der Waals surface area contributed by atoms with Gasteiger partial charge in [-0.15, -0.1) is 0 Å². The third kappa shape index (κ3) is 3.98. The van der Waals surface area contributed by atoms with E-state index in [1.54, 1.807) is 21.0 Å². The zero-order chi connectivity index (χ0) is 24.6. The number of carbonyl (C=O) groups is 1. The molecule has 2 heterocycles. The van der Waals surface area contributed by atoms with Gasteiger partial charge in [0.25, 0.3) is 0 Å². The molecule has 0 aliphatic rings. The second-order valence-electron chi connectivity index (χ2n) is 8.09. The number of hydrogen-bond acceptors (Lipinski definition) is 6. The molecule has 0 spiro atoms. The van der Waals surface area contributed by atoms with E-state index in [9.17, 15) is 14.7 Å². The Morgan fingerprint density at radius 1 is 1.09 bits per heavy atom. The highest BCUT2D eigenvalue weighted by atomic mass is 16.5. The van der Waals surface area contributed by atoms with Crippen LogP contribution in [0.2, 0.25) is 0 Å². The predicted octanol–water partition coefficient (Wildman–Crippen LogP) is 2.82. The Balaban J connectivity index is 1.65. The quantitative estimate of drug-likeness (QED) is 0.449. The van der Waals surface area contributed by atoms with Gasteiger partial charge < -0.3 is 9.84 Å². The van der Waals surface area contributed by atoms with Crippen LogP contribution in [0.1, 0.15) is 39.7 Å². The maximum atomic E-state index is 12.4. The normalized spacial score (nSPS) is 11.1. The minimum Gasteiger partial charge on any atom is -0.489 e. The number of nitrogens with zero attached hydrogens (tertiary/aromatic N) is 6. The lowest BCUT2D eigenvalue weighted by atomic mass is 10.0. The van der Waals surface area contributed by atoms with E-state index in [4.69, 9.17) is 4.74 Å². The first-order chi connectivity index (χ1) is 16.2. The first-order valence-corrected chi connectivity index (χ1v) is 10.8. The van der Waals surface area contributed by atoms with Gasteiger partial charge >= 0.3 is 11.7 Å². The largest absolute Gasteiger partial charge is 0.489 e. The van der Waals surface area contributed by atoms with Crippen molar-refractivity contribution in [3.8, 4) is 22.7 Å². The summed E-state index contributed by atoms with van der Waals surface area (Å²) < 4.78 is 10.0. The molecule has 176 valence electrons. The van der Waals surface area contributed by atoms with Crippen molar-refractivity contribution in [2.24, 2.45) is 14.1 Å². The Bertz CT molecular complexity index is 1450. The molecule has 10 heteroatoms. The number of benzene rings is 2. The zero-order valence-electron chi connectivity index (χ0n) is 19.7. The van der Waals surface area contributed by atoms with Crippen molar-refractivity contribution in [1.29, 1.82) is 0 Å². The second kappa shape index (κ2) is 8.97. The van der Waals surface area contributed by atoms with Gasteiger partial charge in [-0.2, -0.15) is 14.5 Å². The van der Waals surface area contributed by atoms with E-state index < -0.39 is 5.97 Å². The van der Waals surface area contributed by atoms with E-state index >= 15 is 0 Å². The number of carboxylic acids is 1. The van der Waals surface area contributed by atoms with Crippen LogP contribution in [0.15, 0.2) is 41.2 Å². The van der Waals surface area contributed by atoms with E-state index in [1.807, 2.05) is 50.2 Å². The van der Waals surface area contributed by atoms with Crippen LogP contribution in [0.25, 0.3) is 16.9 Å². The van der Waals surface area contributed by atoms with Gasteiger partial charge in [-0.3, -0.25) is 4.68 Å². The van der Waals surface area contributed by atoms with E-state index in [2.05, 4.69) is 15.5 Å². The summed E-state index contributed by atoms with van der Waals surface area (Å²) in [6.07, 6.45) is 0.768. The van der Waals surface area contributed by atoms with Crippen molar-refractivity contribution in [2.45, 2.75) is 33.8 Å². The molecule has 1 N–H and O–H groups in total. The molecule has 0 unspecified atom stereocenters. The molecule has 10 nitrogen and oxygen atoms in total. The molecule has 0 bridgehead atoms. The smallest absolute Gasteiger partial charge is 0.368 e. The van der Waals surface area contributed by atoms with E-state index in [0.717, 1.165) is 28.7 Å². The lowest BCUT2D eigenvalue weighted by Gasteiger charge is -2.15. The molecule has 2 aromatic carbocycles. The molecule has 4 aromatic rings. The zero-order valence-corrected chi connectivity index (χ0v) is 19.7. The highest BCUT2D eigenvalue weighted by Crippen LogP contribution is 2.30. The SMILES string of the molecule is CCc1cccc(-n2nnn(C)c2=O)c1COc1ccc(-c2nn(C)c(C(=O)O)c2C)cc1C. The lowest BCUT2D eigenvalue weighted by Crippen LogP contribution is -2.23. The average molecular weight is 463 g/mol. The van der Waals surface area contributed by atoms with E-state index in [-0.39, 0.29) is 18.0 Å². The van der Waals surface area contributed by atoms with Crippen molar-refractivity contribution >= 4 is 5.97 Å². The van der Waals surface area contributed by atoms with Crippen LogP contribution in [0, 0.1) is 13.8 Å². The number of aromatic nitrogens is 6. The van der Waals surface area contributed by atoms with Gasteiger partial charge in [0.1, 0.15) is 18.1 Å². The number of ether oxygens (including phenoxy) is 1. The van der Waals surface area contributed by atoms with Gasteiger partial charge in [-0.1, -0.05) is 19.1 Å². The van der Waals surface area contributed by atoms with Crippen molar-refractivity contribution in [2.75, 3.05) is 0 Å². The lowest BCUT2D eigenvalue weighted by molar-refractivity contribution is 0.0684. The highest BCUT2D eigenvalue weighted by Gasteiger charge is 2.20. The number of rotatable bonds is 7. The van der Waals surface area contributed by atoms with Gasteiger partial charge in [0.15, 0.2) is 0 Å². The third-order valence-corrected chi connectivity index (χ3v) is 5.89. The summed E-state index contributed by atoms with van der Waals surface area (Å²) in [7, 11) is 3.18. The summed E-state index contributed by atoms with van der Waals surface area (Å²) in [6, 6.07) is 11.4. The number of aromatic carboxylic acids is 1. The van der Waals surface area contributed by atoms with Crippen molar-refractivity contribution in [1.82, 2.24) is 29.6 Å². The fourth-order valence-corrected chi connectivity index (χ4v) is 4.09. The fourth-order valence-electron chi connectivity index (χ4n) is 4.09. The van der Waals surface area contributed by atoms with Crippen LogP contribution in [-0.4, -0.2) is 40.6 Å². The van der Waals surface area contributed by atoms with Gasteiger partial charge in [-0.25, -0.2) is 9.59 Å². The number of hydrogen-bond donors (Lipinski definition) is 1. The molecule has 0 radical (unpaired) electrons. The van der Waals surface area contributed by atoms with E-state index in [1.165, 1.54) is 14.0 Å². The van der Waals surface area contributed by atoms with Crippen LogP contribution in [0.4, 0.5) is 0 Å². The standard InChI is InChI=1S/C24H26N6O4/c1-6-16-8-7-9-19(30-24(33)29(5)26-27-30)18(16)13-34-20-11-10-17(12-14(20)2)21-15(3)22(23(31)32)28(4)25-21/h7-12H,6,13H2,1-5H3,(H,31,32). The average Bonchev–Trinajstić information content (AvgIpc) is 3.30. The molecular weight excluding hydrogens is 436 g/mol. The number of aryl methyl sites for hydroxylation is 4. The topological polar surface area (TPSA) is 117 Å². The summed E-state index contributed by atoms with van der Waals surface area (Å²) in [5.74, 6) is -0.331. The van der Waals surface area contributed by atoms with E-state index in [0.29, 0.717) is 22.7 Å².